The first kappa shape index (κ1) is 14.4. The fourth-order valence-electron chi connectivity index (χ4n) is 2.06. The summed E-state index contributed by atoms with van der Waals surface area (Å²) in [6, 6.07) is 9.53. The van der Waals surface area contributed by atoms with Gasteiger partial charge in [0, 0.05) is 24.0 Å². The number of rotatable bonds is 5. The van der Waals surface area contributed by atoms with Crippen molar-refractivity contribution in [2.24, 2.45) is 0 Å². The SMILES string of the molecule is CCN(Cc1cccs1)c1cc(C(=O)NC)ccc1N. The highest BCUT2D eigenvalue weighted by molar-refractivity contribution is 7.09. The van der Waals surface area contributed by atoms with Crippen molar-refractivity contribution >= 4 is 28.6 Å². The molecule has 1 heterocycles. The van der Waals surface area contributed by atoms with Gasteiger partial charge >= 0.3 is 0 Å². The second-order valence-electron chi connectivity index (χ2n) is 4.45. The number of amides is 1. The van der Waals surface area contributed by atoms with Crippen LogP contribution in [0.15, 0.2) is 35.7 Å². The Morgan fingerprint density at radius 2 is 2.20 bits per heavy atom. The number of nitrogens with two attached hydrogens (primary N) is 1. The minimum absolute atomic E-state index is 0.0987. The third-order valence-corrected chi connectivity index (χ3v) is 4.03. The molecule has 106 valence electrons. The van der Waals surface area contributed by atoms with Crippen LogP contribution in [0.4, 0.5) is 11.4 Å². The number of nitrogen functional groups attached to an aromatic ring is 1. The van der Waals surface area contributed by atoms with Crippen LogP contribution in [0.1, 0.15) is 22.2 Å². The summed E-state index contributed by atoms with van der Waals surface area (Å²) in [6.07, 6.45) is 0. The van der Waals surface area contributed by atoms with Crippen LogP contribution in [0, 0.1) is 0 Å². The van der Waals surface area contributed by atoms with Gasteiger partial charge in [-0.25, -0.2) is 0 Å². The van der Waals surface area contributed by atoms with E-state index in [1.807, 2.05) is 12.1 Å². The van der Waals surface area contributed by atoms with Crippen LogP contribution in [0.5, 0.6) is 0 Å². The zero-order valence-electron chi connectivity index (χ0n) is 11.7. The summed E-state index contributed by atoms with van der Waals surface area (Å²) in [5.74, 6) is -0.0987. The van der Waals surface area contributed by atoms with Crippen LogP contribution in [-0.2, 0) is 6.54 Å². The number of hydrogen-bond acceptors (Lipinski definition) is 4. The van der Waals surface area contributed by atoms with Gasteiger partial charge in [0.15, 0.2) is 0 Å². The molecule has 0 unspecified atom stereocenters. The van der Waals surface area contributed by atoms with Gasteiger partial charge < -0.3 is 16.0 Å². The summed E-state index contributed by atoms with van der Waals surface area (Å²) in [5.41, 5.74) is 8.29. The highest BCUT2D eigenvalue weighted by Gasteiger charge is 2.12. The van der Waals surface area contributed by atoms with Gasteiger partial charge in [-0.3, -0.25) is 4.79 Å². The van der Waals surface area contributed by atoms with E-state index in [1.54, 1.807) is 30.5 Å². The van der Waals surface area contributed by atoms with Gasteiger partial charge in [-0.05, 0) is 36.6 Å². The molecule has 0 radical (unpaired) electrons. The lowest BCUT2D eigenvalue weighted by atomic mass is 10.1. The first-order chi connectivity index (χ1) is 9.65. The summed E-state index contributed by atoms with van der Waals surface area (Å²) in [7, 11) is 1.63. The van der Waals surface area contributed by atoms with Crippen molar-refractivity contribution in [1.82, 2.24) is 5.32 Å². The standard InChI is InChI=1S/C15H19N3OS/c1-3-18(10-12-5-4-8-20-12)14-9-11(15(19)17-2)6-7-13(14)16/h4-9H,3,10,16H2,1-2H3,(H,17,19). The topological polar surface area (TPSA) is 58.4 Å². The Labute approximate surface area is 123 Å². The van der Waals surface area contributed by atoms with E-state index in [1.165, 1.54) is 4.88 Å². The first-order valence-corrected chi connectivity index (χ1v) is 7.42. The Morgan fingerprint density at radius 3 is 2.80 bits per heavy atom. The predicted molar refractivity (Wildman–Crippen MR) is 85.3 cm³/mol. The molecule has 0 spiro atoms. The zero-order chi connectivity index (χ0) is 14.5. The molecule has 2 rings (SSSR count). The minimum atomic E-state index is -0.0987. The van der Waals surface area contributed by atoms with Crippen LogP contribution < -0.4 is 16.0 Å². The summed E-state index contributed by atoms with van der Waals surface area (Å²) in [6.45, 7) is 3.72. The van der Waals surface area contributed by atoms with Crippen molar-refractivity contribution in [3.63, 3.8) is 0 Å². The van der Waals surface area contributed by atoms with Crippen molar-refractivity contribution < 1.29 is 4.79 Å². The van der Waals surface area contributed by atoms with Crippen LogP contribution >= 0.6 is 11.3 Å². The summed E-state index contributed by atoms with van der Waals surface area (Å²) >= 11 is 1.72. The van der Waals surface area contributed by atoms with Gasteiger partial charge in [0.05, 0.1) is 17.9 Å². The number of thiophene rings is 1. The quantitative estimate of drug-likeness (QED) is 0.832. The fourth-order valence-corrected chi connectivity index (χ4v) is 2.78. The van der Waals surface area contributed by atoms with Gasteiger partial charge in [0.25, 0.3) is 5.91 Å². The van der Waals surface area contributed by atoms with E-state index in [-0.39, 0.29) is 5.91 Å². The van der Waals surface area contributed by atoms with E-state index in [2.05, 4.69) is 28.6 Å². The average Bonchev–Trinajstić information content (AvgIpc) is 2.97. The highest BCUT2D eigenvalue weighted by atomic mass is 32.1. The fraction of sp³-hybridized carbons (Fsp3) is 0.267. The highest BCUT2D eigenvalue weighted by Crippen LogP contribution is 2.27. The lowest BCUT2D eigenvalue weighted by molar-refractivity contribution is 0.0963. The maximum atomic E-state index is 11.7. The van der Waals surface area contributed by atoms with Crippen molar-refractivity contribution in [2.45, 2.75) is 13.5 Å². The third kappa shape index (κ3) is 3.11. The Bertz CT molecular complexity index is 581. The van der Waals surface area contributed by atoms with Crippen LogP contribution in [-0.4, -0.2) is 19.5 Å². The average molecular weight is 289 g/mol. The first-order valence-electron chi connectivity index (χ1n) is 6.54. The number of carbonyl (C=O) groups excluding carboxylic acids is 1. The lowest BCUT2D eigenvalue weighted by Gasteiger charge is -2.24. The molecule has 0 saturated carbocycles. The molecular weight excluding hydrogens is 270 g/mol. The van der Waals surface area contributed by atoms with Crippen molar-refractivity contribution in [3.05, 3.63) is 46.2 Å². The monoisotopic (exact) mass is 289 g/mol. The smallest absolute Gasteiger partial charge is 0.251 e. The van der Waals surface area contributed by atoms with E-state index in [9.17, 15) is 4.79 Å². The molecule has 1 amide bonds. The number of nitrogens with one attached hydrogen (secondary N) is 1. The minimum Gasteiger partial charge on any atom is -0.397 e. The zero-order valence-corrected chi connectivity index (χ0v) is 12.5. The molecule has 0 aliphatic carbocycles. The summed E-state index contributed by atoms with van der Waals surface area (Å²) in [4.78, 5) is 15.2. The lowest BCUT2D eigenvalue weighted by Crippen LogP contribution is -2.24. The van der Waals surface area contributed by atoms with E-state index < -0.39 is 0 Å². The Balaban J connectivity index is 2.30. The van der Waals surface area contributed by atoms with Gasteiger partial charge in [-0.15, -0.1) is 11.3 Å². The van der Waals surface area contributed by atoms with Crippen LogP contribution in [0.25, 0.3) is 0 Å². The van der Waals surface area contributed by atoms with E-state index in [4.69, 9.17) is 5.73 Å². The van der Waals surface area contributed by atoms with Gasteiger partial charge in [-0.1, -0.05) is 6.07 Å². The normalized spacial score (nSPS) is 10.3. The molecule has 0 bridgehead atoms. The Morgan fingerprint density at radius 1 is 1.40 bits per heavy atom. The van der Waals surface area contributed by atoms with Crippen LogP contribution in [0.2, 0.25) is 0 Å². The molecule has 5 heteroatoms. The molecule has 0 aliphatic heterocycles. The van der Waals surface area contributed by atoms with Gasteiger partial charge in [-0.2, -0.15) is 0 Å². The second-order valence-corrected chi connectivity index (χ2v) is 5.48. The molecular formula is C15H19N3OS. The van der Waals surface area contributed by atoms with Crippen molar-refractivity contribution in [2.75, 3.05) is 24.2 Å². The molecule has 0 fully saturated rings. The molecule has 3 N–H and O–H groups in total. The second kappa shape index (κ2) is 6.43. The van der Waals surface area contributed by atoms with E-state index in [0.29, 0.717) is 11.3 Å². The molecule has 0 atom stereocenters. The largest absolute Gasteiger partial charge is 0.397 e. The number of anilines is 2. The predicted octanol–water partition coefficient (Wildman–Crippen LogP) is 2.72. The number of hydrogen-bond donors (Lipinski definition) is 2. The Kier molecular flexibility index (Phi) is 4.63. The van der Waals surface area contributed by atoms with Crippen LogP contribution in [0.3, 0.4) is 0 Å². The number of benzene rings is 1. The molecule has 0 saturated heterocycles. The summed E-state index contributed by atoms with van der Waals surface area (Å²) < 4.78 is 0. The maximum absolute atomic E-state index is 11.7. The molecule has 0 aliphatic rings. The van der Waals surface area contributed by atoms with Crippen molar-refractivity contribution in [1.29, 1.82) is 0 Å². The maximum Gasteiger partial charge on any atom is 0.251 e. The number of nitrogens with zero attached hydrogens (tertiary/aromatic N) is 1. The molecule has 1 aromatic heterocycles. The molecule has 2 aromatic rings. The third-order valence-electron chi connectivity index (χ3n) is 3.17. The van der Waals surface area contributed by atoms with E-state index >= 15 is 0 Å². The Hall–Kier alpha value is -2.01. The number of carbonyl (C=O) groups is 1. The van der Waals surface area contributed by atoms with E-state index in [0.717, 1.165) is 18.8 Å². The van der Waals surface area contributed by atoms with Gasteiger partial charge in [0.2, 0.25) is 0 Å². The summed E-state index contributed by atoms with van der Waals surface area (Å²) in [5, 5.41) is 4.70. The van der Waals surface area contributed by atoms with Gasteiger partial charge in [0.1, 0.15) is 0 Å². The molecule has 1 aromatic carbocycles. The molecule has 4 nitrogen and oxygen atoms in total. The van der Waals surface area contributed by atoms with Crippen molar-refractivity contribution in [3.8, 4) is 0 Å². The molecule has 20 heavy (non-hydrogen) atoms.